The van der Waals surface area contributed by atoms with E-state index in [4.69, 9.17) is 9.72 Å². The second-order valence-corrected chi connectivity index (χ2v) is 8.92. The van der Waals surface area contributed by atoms with Gasteiger partial charge in [-0.25, -0.2) is 4.98 Å². The summed E-state index contributed by atoms with van der Waals surface area (Å²) in [5, 5.41) is 3.10. The predicted molar refractivity (Wildman–Crippen MR) is 115 cm³/mol. The van der Waals surface area contributed by atoms with Crippen LogP contribution < -0.4 is 0 Å². The Hall–Kier alpha value is -2.29. The smallest absolute Gasteiger partial charge is 0.228 e. The Morgan fingerprint density at radius 2 is 2.00 bits per heavy atom. The number of benzene rings is 1. The van der Waals surface area contributed by atoms with Gasteiger partial charge in [0, 0.05) is 45.0 Å². The molecule has 1 aromatic carbocycles. The Kier molecular flexibility index (Phi) is 6.76. The van der Waals surface area contributed by atoms with E-state index in [1.165, 1.54) is 0 Å². The molecule has 2 amide bonds. The van der Waals surface area contributed by atoms with Gasteiger partial charge in [0.2, 0.25) is 11.8 Å². The highest BCUT2D eigenvalue weighted by molar-refractivity contribution is 7.09. The van der Waals surface area contributed by atoms with Gasteiger partial charge in [-0.2, -0.15) is 0 Å². The van der Waals surface area contributed by atoms with Gasteiger partial charge >= 0.3 is 0 Å². The molecule has 2 aliphatic heterocycles. The van der Waals surface area contributed by atoms with Crippen LogP contribution in [-0.4, -0.2) is 71.4 Å². The van der Waals surface area contributed by atoms with Crippen LogP contribution in [0.25, 0.3) is 0 Å². The lowest BCUT2D eigenvalue weighted by atomic mass is 10.1. The normalized spacial score (nSPS) is 20.0. The predicted octanol–water partition coefficient (Wildman–Crippen LogP) is 1.98. The van der Waals surface area contributed by atoms with Crippen LogP contribution in [0.4, 0.5) is 0 Å². The van der Waals surface area contributed by atoms with E-state index in [-0.39, 0.29) is 24.2 Å². The number of thiazole rings is 1. The van der Waals surface area contributed by atoms with Crippen molar-refractivity contribution in [3.05, 3.63) is 52.0 Å². The van der Waals surface area contributed by atoms with Crippen LogP contribution in [0, 0.1) is 5.92 Å². The topological polar surface area (TPSA) is 66.0 Å². The van der Waals surface area contributed by atoms with Crippen LogP contribution in [0.2, 0.25) is 0 Å². The fourth-order valence-electron chi connectivity index (χ4n) is 3.97. The summed E-state index contributed by atoms with van der Waals surface area (Å²) in [6.45, 7) is 5.76. The number of morpholine rings is 1. The fraction of sp³-hybridized carbons (Fsp3) is 0.500. The Labute approximate surface area is 181 Å². The third kappa shape index (κ3) is 5.24. The van der Waals surface area contributed by atoms with E-state index in [1.807, 2.05) is 35.7 Å². The Bertz CT molecular complexity index is 866. The second kappa shape index (κ2) is 9.68. The number of hydrogen-bond donors (Lipinski definition) is 0. The standard InChI is InChI=1S/C22H28N4O3S/c1-24(14-19-16-30-20(23-19)15-25-7-9-29-10-8-25)22(28)18-11-21(27)26(13-18)12-17-5-3-2-4-6-17/h2-6,16,18H,7-15H2,1H3. The van der Waals surface area contributed by atoms with Gasteiger partial charge in [0.05, 0.1) is 37.9 Å². The van der Waals surface area contributed by atoms with E-state index in [1.54, 1.807) is 28.2 Å². The highest BCUT2D eigenvalue weighted by Crippen LogP contribution is 2.23. The van der Waals surface area contributed by atoms with Crippen molar-refractivity contribution in [3.8, 4) is 0 Å². The molecule has 3 heterocycles. The molecule has 0 aliphatic carbocycles. The van der Waals surface area contributed by atoms with Crippen molar-refractivity contribution in [1.82, 2.24) is 19.7 Å². The Morgan fingerprint density at radius 3 is 2.77 bits per heavy atom. The zero-order valence-electron chi connectivity index (χ0n) is 17.3. The van der Waals surface area contributed by atoms with E-state index in [9.17, 15) is 9.59 Å². The summed E-state index contributed by atoms with van der Waals surface area (Å²) in [6, 6.07) is 9.90. The average molecular weight is 429 g/mol. The molecule has 8 heteroatoms. The van der Waals surface area contributed by atoms with Crippen molar-refractivity contribution >= 4 is 23.2 Å². The molecule has 0 spiro atoms. The molecule has 2 aromatic rings. The third-order valence-electron chi connectivity index (χ3n) is 5.62. The average Bonchev–Trinajstić information content (AvgIpc) is 3.35. The first-order chi connectivity index (χ1) is 14.6. The van der Waals surface area contributed by atoms with Gasteiger partial charge in [0.1, 0.15) is 5.01 Å². The van der Waals surface area contributed by atoms with E-state index >= 15 is 0 Å². The van der Waals surface area contributed by atoms with Crippen molar-refractivity contribution < 1.29 is 14.3 Å². The monoisotopic (exact) mass is 428 g/mol. The number of amides is 2. The minimum atomic E-state index is -0.280. The van der Waals surface area contributed by atoms with E-state index < -0.39 is 0 Å². The van der Waals surface area contributed by atoms with E-state index in [0.29, 0.717) is 19.6 Å². The number of rotatable bonds is 7. The van der Waals surface area contributed by atoms with Crippen molar-refractivity contribution in [1.29, 1.82) is 0 Å². The molecule has 1 atom stereocenters. The number of nitrogens with zero attached hydrogens (tertiary/aromatic N) is 4. The third-order valence-corrected chi connectivity index (χ3v) is 6.50. The Morgan fingerprint density at radius 1 is 1.23 bits per heavy atom. The number of carbonyl (C=O) groups is 2. The van der Waals surface area contributed by atoms with Crippen LogP contribution in [0.5, 0.6) is 0 Å². The maximum atomic E-state index is 12.9. The van der Waals surface area contributed by atoms with Crippen molar-refractivity contribution in [2.75, 3.05) is 39.9 Å². The first-order valence-corrected chi connectivity index (χ1v) is 11.3. The Balaban J connectivity index is 1.29. The zero-order chi connectivity index (χ0) is 20.9. The number of carbonyl (C=O) groups excluding carboxylic acids is 2. The molecule has 2 fully saturated rings. The number of ether oxygens (including phenoxy) is 1. The highest BCUT2D eigenvalue weighted by atomic mass is 32.1. The SMILES string of the molecule is CN(Cc1csc(CN2CCOCC2)n1)C(=O)C1CC(=O)N(Cc2ccccc2)C1. The lowest BCUT2D eigenvalue weighted by Crippen LogP contribution is -2.35. The summed E-state index contributed by atoms with van der Waals surface area (Å²) >= 11 is 1.64. The molecule has 2 aliphatic rings. The summed E-state index contributed by atoms with van der Waals surface area (Å²) in [5.74, 6) is -0.216. The molecule has 160 valence electrons. The molecular weight excluding hydrogens is 400 g/mol. The van der Waals surface area contributed by atoms with Crippen LogP contribution in [0.15, 0.2) is 35.7 Å². The lowest BCUT2D eigenvalue weighted by molar-refractivity contribution is -0.135. The summed E-state index contributed by atoms with van der Waals surface area (Å²) in [6.07, 6.45) is 0.287. The van der Waals surface area contributed by atoms with Gasteiger partial charge in [-0.1, -0.05) is 30.3 Å². The number of aromatic nitrogens is 1. The first-order valence-electron chi connectivity index (χ1n) is 10.4. The molecule has 1 unspecified atom stereocenters. The summed E-state index contributed by atoms with van der Waals surface area (Å²) in [7, 11) is 1.80. The van der Waals surface area contributed by atoms with Crippen molar-refractivity contribution in [2.45, 2.75) is 26.1 Å². The largest absolute Gasteiger partial charge is 0.379 e. The van der Waals surface area contributed by atoms with Gasteiger partial charge in [-0.15, -0.1) is 11.3 Å². The minimum Gasteiger partial charge on any atom is -0.379 e. The first kappa shape index (κ1) is 21.0. The van der Waals surface area contributed by atoms with E-state index in [0.717, 1.165) is 49.1 Å². The zero-order valence-corrected chi connectivity index (χ0v) is 18.1. The van der Waals surface area contributed by atoms with Gasteiger partial charge < -0.3 is 14.5 Å². The van der Waals surface area contributed by atoms with Crippen molar-refractivity contribution in [3.63, 3.8) is 0 Å². The molecule has 0 saturated carbocycles. The van der Waals surface area contributed by atoms with Gasteiger partial charge in [0.15, 0.2) is 0 Å². The second-order valence-electron chi connectivity index (χ2n) is 7.98. The van der Waals surface area contributed by atoms with Crippen LogP contribution in [0.1, 0.15) is 22.7 Å². The fourth-order valence-corrected chi connectivity index (χ4v) is 4.80. The van der Waals surface area contributed by atoms with E-state index in [2.05, 4.69) is 4.90 Å². The minimum absolute atomic E-state index is 0.0154. The van der Waals surface area contributed by atoms with Crippen LogP contribution >= 0.6 is 11.3 Å². The van der Waals surface area contributed by atoms with Gasteiger partial charge in [-0.3, -0.25) is 14.5 Å². The summed E-state index contributed by atoms with van der Waals surface area (Å²) in [4.78, 5) is 35.9. The molecular formula is C22H28N4O3S. The maximum absolute atomic E-state index is 12.9. The molecule has 30 heavy (non-hydrogen) atoms. The summed E-state index contributed by atoms with van der Waals surface area (Å²) < 4.78 is 5.39. The molecule has 0 N–H and O–H groups in total. The molecule has 7 nitrogen and oxygen atoms in total. The molecule has 4 rings (SSSR count). The van der Waals surface area contributed by atoms with Crippen LogP contribution in [-0.2, 0) is 34.0 Å². The van der Waals surface area contributed by atoms with Gasteiger partial charge in [0.25, 0.3) is 0 Å². The van der Waals surface area contributed by atoms with Gasteiger partial charge in [-0.05, 0) is 5.56 Å². The molecule has 0 bridgehead atoms. The quantitative estimate of drug-likeness (QED) is 0.675. The number of hydrogen-bond acceptors (Lipinski definition) is 6. The van der Waals surface area contributed by atoms with Crippen molar-refractivity contribution in [2.24, 2.45) is 5.92 Å². The molecule has 0 radical (unpaired) electrons. The highest BCUT2D eigenvalue weighted by Gasteiger charge is 2.35. The number of likely N-dealkylation sites (tertiary alicyclic amines) is 1. The molecule has 2 saturated heterocycles. The maximum Gasteiger partial charge on any atom is 0.228 e. The molecule has 1 aromatic heterocycles. The lowest BCUT2D eigenvalue weighted by Gasteiger charge is -2.25. The summed E-state index contributed by atoms with van der Waals surface area (Å²) in [5.41, 5.74) is 1.99. The van der Waals surface area contributed by atoms with Crippen LogP contribution in [0.3, 0.4) is 0 Å².